The number of nitrogens with one attached hydrogen (secondary N) is 1. The molecule has 0 bridgehead atoms. The van der Waals surface area contributed by atoms with E-state index in [2.05, 4.69) is 10.2 Å². The Bertz CT molecular complexity index is 712. The molecule has 1 saturated heterocycles. The highest BCUT2D eigenvalue weighted by atomic mass is 35.5. The maximum atomic E-state index is 12.9. The van der Waals surface area contributed by atoms with Gasteiger partial charge in [-0.2, -0.15) is 0 Å². The number of hydrogen-bond acceptors (Lipinski definition) is 3. The van der Waals surface area contributed by atoms with Gasteiger partial charge < -0.3 is 10.2 Å². The van der Waals surface area contributed by atoms with Crippen molar-refractivity contribution in [2.45, 2.75) is 51.6 Å². The van der Waals surface area contributed by atoms with Crippen molar-refractivity contribution in [1.82, 2.24) is 15.1 Å². The molecule has 1 aliphatic heterocycles. The number of benzene rings is 1. The predicted molar refractivity (Wildman–Crippen MR) is 113 cm³/mol. The zero-order valence-corrected chi connectivity index (χ0v) is 18.1. The van der Waals surface area contributed by atoms with Gasteiger partial charge in [-0.15, -0.1) is 0 Å². The number of carbonyl (C=O) groups excluding carboxylic acids is 2. The molecular weight excluding hydrogens is 397 g/mol. The number of nitrogens with zero attached hydrogens (tertiary/aromatic N) is 2. The monoisotopic (exact) mass is 425 g/mol. The zero-order valence-electron chi connectivity index (χ0n) is 16.6. The summed E-state index contributed by atoms with van der Waals surface area (Å²) in [7, 11) is 0. The van der Waals surface area contributed by atoms with E-state index in [4.69, 9.17) is 23.2 Å². The highest BCUT2D eigenvalue weighted by Crippen LogP contribution is 2.31. The van der Waals surface area contributed by atoms with Gasteiger partial charge >= 0.3 is 0 Å². The Labute approximate surface area is 177 Å². The topological polar surface area (TPSA) is 52.7 Å². The fourth-order valence-corrected chi connectivity index (χ4v) is 4.85. The van der Waals surface area contributed by atoms with E-state index >= 15 is 0 Å². The molecule has 0 radical (unpaired) electrons. The minimum Gasteiger partial charge on any atom is -0.353 e. The Balaban J connectivity index is 1.66. The summed E-state index contributed by atoms with van der Waals surface area (Å²) in [5.41, 5.74) is 0.476. The summed E-state index contributed by atoms with van der Waals surface area (Å²) >= 11 is 12.1. The summed E-state index contributed by atoms with van der Waals surface area (Å²) in [5, 5.41) is 3.99. The second kappa shape index (κ2) is 9.47. The van der Waals surface area contributed by atoms with Crippen molar-refractivity contribution in [3.63, 3.8) is 0 Å². The molecule has 1 aromatic rings. The summed E-state index contributed by atoms with van der Waals surface area (Å²) in [4.78, 5) is 29.8. The molecule has 7 heteroatoms. The van der Waals surface area contributed by atoms with Crippen molar-refractivity contribution >= 4 is 35.0 Å². The minimum atomic E-state index is -0.0960. The highest BCUT2D eigenvalue weighted by molar-refractivity contribution is 6.36. The molecule has 2 amide bonds. The first-order valence-electron chi connectivity index (χ1n) is 10.2. The quantitative estimate of drug-likeness (QED) is 0.779. The van der Waals surface area contributed by atoms with Gasteiger partial charge in [0.05, 0.1) is 16.6 Å². The van der Waals surface area contributed by atoms with Crippen LogP contribution in [0.1, 0.15) is 49.9 Å². The van der Waals surface area contributed by atoms with Gasteiger partial charge in [-0.1, -0.05) is 36.0 Å². The van der Waals surface area contributed by atoms with Crippen LogP contribution in [-0.2, 0) is 4.79 Å². The number of rotatable bonds is 5. The average Bonchev–Trinajstić information content (AvgIpc) is 3.15. The number of halogens is 2. The van der Waals surface area contributed by atoms with Gasteiger partial charge in [0, 0.05) is 37.2 Å². The van der Waals surface area contributed by atoms with Crippen LogP contribution in [0, 0.1) is 5.92 Å². The molecule has 0 aromatic heterocycles. The third kappa shape index (κ3) is 5.00. The van der Waals surface area contributed by atoms with Crippen LogP contribution >= 0.6 is 23.2 Å². The van der Waals surface area contributed by atoms with Crippen LogP contribution in [0.15, 0.2) is 18.2 Å². The molecule has 3 rings (SSSR count). The van der Waals surface area contributed by atoms with Crippen LogP contribution in [0.5, 0.6) is 0 Å². The molecule has 2 fully saturated rings. The predicted octanol–water partition coefficient (Wildman–Crippen LogP) is 3.83. The number of carbonyl (C=O) groups is 2. The lowest BCUT2D eigenvalue weighted by Crippen LogP contribution is -2.58. The van der Waals surface area contributed by atoms with E-state index in [9.17, 15) is 9.59 Å². The lowest BCUT2D eigenvalue weighted by atomic mass is 9.94. The Morgan fingerprint density at radius 3 is 2.29 bits per heavy atom. The first-order chi connectivity index (χ1) is 13.4. The van der Waals surface area contributed by atoms with Crippen LogP contribution < -0.4 is 5.32 Å². The Morgan fingerprint density at radius 2 is 1.71 bits per heavy atom. The van der Waals surface area contributed by atoms with Crippen molar-refractivity contribution in [3.05, 3.63) is 33.8 Å². The van der Waals surface area contributed by atoms with Crippen molar-refractivity contribution in [1.29, 1.82) is 0 Å². The second-order valence-electron chi connectivity index (χ2n) is 8.11. The summed E-state index contributed by atoms with van der Waals surface area (Å²) in [6, 6.07) is 4.99. The van der Waals surface area contributed by atoms with Gasteiger partial charge in [0.1, 0.15) is 0 Å². The molecule has 0 spiro atoms. The van der Waals surface area contributed by atoms with E-state index in [0.29, 0.717) is 47.7 Å². The normalized spacial score (nSPS) is 19.8. The van der Waals surface area contributed by atoms with E-state index in [1.165, 1.54) is 12.8 Å². The largest absolute Gasteiger partial charge is 0.353 e. The Kier molecular flexibility index (Phi) is 7.24. The third-order valence-electron chi connectivity index (χ3n) is 5.70. The summed E-state index contributed by atoms with van der Waals surface area (Å²) in [6.07, 6.45) is 4.61. The smallest absolute Gasteiger partial charge is 0.255 e. The van der Waals surface area contributed by atoms with Gasteiger partial charge in [-0.3, -0.25) is 14.5 Å². The molecule has 1 aliphatic carbocycles. The van der Waals surface area contributed by atoms with Crippen LogP contribution in [0.3, 0.4) is 0 Å². The van der Waals surface area contributed by atoms with E-state index in [-0.39, 0.29) is 23.9 Å². The van der Waals surface area contributed by atoms with Crippen LogP contribution in [0.2, 0.25) is 10.0 Å². The van der Waals surface area contributed by atoms with E-state index in [1.807, 2.05) is 18.7 Å². The number of hydrogen-bond donors (Lipinski definition) is 1. The third-order valence-corrected chi connectivity index (χ3v) is 6.25. The van der Waals surface area contributed by atoms with E-state index in [1.54, 1.807) is 18.2 Å². The molecule has 154 valence electrons. The molecule has 1 heterocycles. The maximum absolute atomic E-state index is 12.9. The summed E-state index contributed by atoms with van der Waals surface area (Å²) < 4.78 is 0. The van der Waals surface area contributed by atoms with Crippen molar-refractivity contribution in [2.24, 2.45) is 5.92 Å². The molecule has 1 saturated carbocycles. The SMILES string of the molecule is CC(C)NC(=O)C(C1CCCC1)N1CCN(C(=O)c2ccc(Cl)cc2Cl)CC1. The summed E-state index contributed by atoms with van der Waals surface area (Å²) in [6.45, 7) is 6.57. The summed E-state index contributed by atoms with van der Waals surface area (Å²) in [5.74, 6) is 0.458. The van der Waals surface area contributed by atoms with E-state index in [0.717, 1.165) is 12.8 Å². The number of piperazine rings is 1. The van der Waals surface area contributed by atoms with Gasteiger partial charge in [0.2, 0.25) is 5.91 Å². The molecule has 1 N–H and O–H groups in total. The molecule has 1 aromatic carbocycles. The minimum absolute atomic E-state index is 0.0784. The van der Waals surface area contributed by atoms with Gasteiger partial charge in [-0.25, -0.2) is 0 Å². The van der Waals surface area contributed by atoms with Crippen molar-refractivity contribution in [3.8, 4) is 0 Å². The fourth-order valence-electron chi connectivity index (χ4n) is 4.36. The molecule has 28 heavy (non-hydrogen) atoms. The fraction of sp³-hybridized carbons (Fsp3) is 0.619. The Hall–Kier alpha value is -1.30. The van der Waals surface area contributed by atoms with Crippen molar-refractivity contribution in [2.75, 3.05) is 26.2 Å². The molecule has 2 aliphatic rings. The van der Waals surface area contributed by atoms with Gasteiger partial charge in [0.25, 0.3) is 5.91 Å². The highest BCUT2D eigenvalue weighted by Gasteiger charge is 2.37. The maximum Gasteiger partial charge on any atom is 0.255 e. The standard InChI is InChI=1S/C21H29Cl2N3O2/c1-14(2)24-20(27)19(15-5-3-4-6-15)25-9-11-26(12-10-25)21(28)17-8-7-16(22)13-18(17)23/h7-8,13-15,19H,3-6,9-12H2,1-2H3,(H,24,27). The van der Waals surface area contributed by atoms with Gasteiger partial charge in [0.15, 0.2) is 0 Å². The van der Waals surface area contributed by atoms with Crippen molar-refractivity contribution < 1.29 is 9.59 Å². The second-order valence-corrected chi connectivity index (χ2v) is 8.95. The van der Waals surface area contributed by atoms with E-state index < -0.39 is 0 Å². The van der Waals surface area contributed by atoms with Crippen LogP contribution in [0.4, 0.5) is 0 Å². The lowest BCUT2D eigenvalue weighted by Gasteiger charge is -2.41. The van der Waals surface area contributed by atoms with Crippen LogP contribution in [-0.4, -0.2) is 59.9 Å². The average molecular weight is 426 g/mol. The van der Waals surface area contributed by atoms with Crippen LogP contribution in [0.25, 0.3) is 0 Å². The Morgan fingerprint density at radius 1 is 1.07 bits per heavy atom. The first-order valence-corrected chi connectivity index (χ1v) is 10.9. The molecule has 1 unspecified atom stereocenters. The van der Waals surface area contributed by atoms with Gasteiger partial charge in [-0.05, 0) is 50.8 Å². The zero-order chi connectivity index (χ0) is 20.3. The molecule has 5 nitrogen and oxygen atoms in total. The molecular formula is C21H29Cl2N3O2. The lowest BCUT2D eigenvalue weighted by molar-refractivity contribution is -0.129. The number of amides is 2. The molecule has 1 atom stereocenters. The first kappa shape index (κ1) is 21.4.